The SMILES string of the molecule is CCOC(=O)CN(CCO)C(=O)Cn1ccc(NC(=O)OCc2ccccc2)nc1=O. The summed E-state index contributed by atoms with van der Waals surface area (Å²) in [6.07, 6.45) is 0.495. The van der Waals surface area contributed by atoms with E-state index in [1.54, 1.807) is 19.1 Å². The van der Waals surface area contributed by atoms with Crippen LogP contribution < -0.4 is 11.0 Å². The van der Waals surface area contributed by atoms with Crippen LogP contribution in [0.3, 0.4) is 0 Å². The molecule has 0 saturated carbocycles. The highest BCUT2D eigenvalue weighted by molar-refractivity contribution is 5.83. The van der Waals surface area contributed by atoms with Crippen molar-refractivity contribution in [3.05, 3.63) is 58.6 Å². The van der Waals surface area contributed by atoms with E-state index in [4.69, 9.17) is 14.6 Å². The average Bonchev–Trinajstić information content (AvgIpc) is 2.75. The van der Waals surface area contributed by atoms with Crippen molar-refractivity contribution < 1.29 is 29.0 Å². The number of aliphatic hydroxyl groups excluding tert-OH is 1. The highest BCUT2D eigenvalue weighted by Crippen LogP contribution is 2.04. The molecular weight excluding hydrogens is 408 g/mol. The molecule has 11 nitrogen and oxygen atoms in total. The molecule has 0 atom stereocenters. The maximum absolute atomic E-state index is 12.4. The zero-order valence-corrected chi connectivity index (χ0v) is 17.0. The number of carbonyl (C=O) groups excluding carboxylic acids is 3. The van der Waals surface area contributed by atoms with Gasteiger partial charge in [0.05, 0.1) is 13.2 Å². The highest BCUT2D eigenvalue weighted by Gasteiger charge is 2.18. The van der Waals surface area contributed by atoms with Gasteiger partial charge in [0.2, 0.25) is 5.91 Å². The molecule has 0 unspecified atom stereocenters. The molecule has 166 valence electrons. The fourth-order valence-corrected chi connectivity index (χ4v) is 2.50. The molecule has 11 heteroatoms. The van der Waals surface area contributed by atoms with Gasteiger partial charge in [-0.3, -0.25) is 19.5 Å². The summed E-state index contributed by atoms with van der Waals surface area (Å²) in [7, 11) is 0. The van der Waals surface area contributed by atoms with Gasteiger partial charge in [0.1, 0.15) is 25.5 Å². The number of nitrogens with one attached hydrogen (secondary N) is 1. The normalized spacial score (nSPS) is 10.3. The summed E-state index contributed by atoms with van der Waals surface area (Å²) in [5.74, 6) is -1.23. The summed E-state index contributed by atoms with van der Waals surface area (Å²) in [6.45, 7) is 0.657. The van der Waals surface area contributed by atoms with E-state index < -0.39 is 30.2 Å². The maximum atomic E-state index is 12.4. The summed E-state index contributed by atoms with van der Waals surface area (Å²) >= 11 is 0. The first-order valence-electron chi connectivity index (χ1n) is 9.52. The van der Waals surface area contributed by atoms with Gasteiger partial charge in [-0.05, 0) is 18.6 Å². The van der Waals surface area contributed by atoms with Crippen molar-refractivity contribution in [2.24, 2.45) is 0 Å². The molecule has 2 rings (SSSR count). The number of anilines is 1. The van der Waals surface area contributed by atoms with Crippen LogP contribution >= 0.6 is 0 Å². The molecule has 2 N–H and O–H groups in total. The third kappa shape index (κ3) is 7.90. The van der Waals surface area contributed by atoms with Crippen LogP contribution in [0, 0.1) is 0 Å². The maximum Gasteiger partial charge on any atom is 0.413 e. The number of benzene rings is 1. The largest absolute Gasteiger partial charge is 0.465 e. The van der Waals surface area contributed by atoms with E-state index in [2.05, 4.69) is 10.3 Å². The van der Waals surface area contributed by atoms with Crippen LogP contribution in [0.2, 0.25) is 0 Å². The van der Waals surface area contributed by atoms with Crippen LogP contribution in [-0.4, -0.2) is 63.8 Å². The van der Waals surface area contributed by atoms with Crippen LogP contribution in [0.25, 0.3) is 0 Å². The smallest absolute Gasteiger partial charge is 0.413 e. The first kappa shape index (κ1) is 23.5. The lowest BCUT2D eigenvalue weighted by molar-refractivity contribution is -0.149. The Labute approximate surface area is 178 Å². The molecule has 0 aliphatic heterocycles. The van der Waals surface area contributed by atoms with Gasteiger partial charge < -0.3 is 19.5 Å². The molecule has 1 aromatic carbocycles. The molecule has 31 heavy (non-hydrogen) atoms. The van der Waals surface area contributed by atoms with Crippen molar-refractivity contribution in [2.45, 2.75) is 20.1 Å². The number of aromatic nitrogens is 2. The molecule has 1 heterocycles. The van der Waals surface area contributed by atoms with Crippen molar-refractivity contribution >= 4 is 23.8 Å². The quantitative estimate of drug-likeness (QED) is 0.514. The fraction of sp³-hybridized carbons (Fsp3) is 0.350. The van der Waals surface area contributed by atoms with Crippen molar-refractivity contribution in [3.8, 4) is 0 Å². The number of hydrogen-bond donors (Lipinski definition) is 2. The Morgan fingerprint density at radius 3 is 2.55 bits per heavy atom. The number of hydrogen-bond acceptors (Lipinski definition) is 8. The highest BCUT2D eigenvalue weighted by atomic mass is 16.5. The summed E-state index contributed by atoms with van der Waals surface area (Å²) in [6, 6.07) is 10.4. The topological polar surface area (TPSA) is 140 Å². The van der Waals surface area contributed by atoms with Gasteiger partial charge in [-0.2, -0.15) is 4.98 Å². The Hall–Kier alpha value is -3.73. The van der Waals surface area contributed by atoms with Gasteiger partial charge in [0, 0.05) is 12.7 Å². The summed E-state index contributed by atoms with van der Waals surface area (Å²) in [5.41, 5.74) is 0.0177. The predicted molar refractivity (Wildman–Crippen MR) is 109 cm³/mol. The van der Waals surface area contributed by atoms with E-state index in [1.807, 2.05) is 18.2 Å². The van der Waals surface area contributed by atoms with E-state index in [0.29, 0.717) is 0 Å². The van der Waals surface area contributed by atoms with Crippen LogP contribution in [0.4, 0.5) is 10.6 Å². The van der Waals surface area contributed by atoms with Gasteiger partial charge in [-0.15, -0.1) is 0 Å². The Bertz CT molecular complexity index is 946. The number of aliphatic hydroxyl groups is 1. The molecule has 2 aromatic rings. The van der Waals surface area contributed by atoms with Gasteiger partial charge in [-0.1, -0.05) is 30.3 Å². The van der Waals surface area contributed by atoms with E-state index in [0.717, 1.165) is 15.0 Å². The van der Waals surface area contributed by atoms with Crippen molar-refractivity contribution in [1.29, 1.82) is 0 Å². The number of carbonyl (C=O) groups is 3. The molecule has 0 bridgehead atoms. The second-order valence-electron chi connectivity index (χ2n) is 6.25. The molecule has 0 saturated heterocycles. The molecular formula is C20H24N4O7. The van der Waals surface area contributed by atoms with Crippen molar-refractivity contribution in [1.82, 2.24) is 14.5 Å². The average molecular weight is 432 g/mol. The number of nitrogens with zero attached hydrogens (tertiary/aromatic N) is 3. The van der Waals surface area contributed by atoms with Crippen molar-refractivity contribution in [3.63, 3.8) is 0 Å². The van der Waals surface area contributed by atoms with E-state index in [1.165, 1.54) is 12.3 Å². The van der Waals surface area contributed by atoms with Gasteiger partial charge in [-0.25, -0.2) is 9.59 Å². The molecule has 1 aromatic heterocycles. The minimum absolute atomic E-state index is 0.0366. The number of rotatable bonds is 10. The van der Waals surface area contributed by atoms with Gasteiger partial charge >= 0.3 is 17.8 Å². The Morgan fingerprint density at radius 1 is 1.16 bits per heavy atom. The van der Waals surface area contributed by atoms with E-state index in [9.17, 15) is 19.2 Å². The summed E-state index contributed by atoms with van der Waals surface area (Å²) < 4.78 is 10.9. The lowest BCUT2D eigenvalue weighted by atomic mass is 10.2. The lowest BCUT2D eigenvalue weighted by Gasteiger charge is -2.21. The van der Waals surface area contributed by atoms with Crippen LogP contribution in [0.1, 0.15) is 12.5 Å². The van der Waals surface area contributed by atoms with Crippen LogP contribution in [0.15, 0.2) is 47.4 Å². The molecule has 0 aliphatic carbocycles. The standard InChI is InChI=1S/C20H24N4O7/c1-2-30-18(27)13-23(10-11-25)17(26)12-24-9-8-16(21-19(24)28)22-20(29)31-14-15-6-4-3-5-7-15/h3-9,25H,2,10-14H2,1H3,(H,21,22,28,29). The van der Waals surface area contributed by atoms with Crippen LogP contribution in [-0.2, 0) is 32.2 Å². The van der Waals surface area contributed by atoms with E-state index >= 15 is 0 Å². The number of amides is 2. The Morgan fingerprint density at radius 2 is 1.90 bits per heavy atom. The Balaban J connectivity index is 1.94. The fourth-order valence-electron chi connectivity index (χ4n) is 2.50. The van der Waals surface area contributed by atoms with E-state index in [-0.39, 0.29) is 38.7 Å². The third-order valence-electron chi connectivity index (χ3n) is 3.97. The van der Waals surface area contributed by atoms with Crippen molar-refractivity contribution in [2.75, 3.05) is 31.6 Å². The minimum atomic E-state index is -0.784. The second kappa shape index (κ2) is 12.1. The first-order chi connectivity index (χ1) is 14.9. The van der Waals surface area contributed by atoms with Crippen LogP contribution in [0.5, 0.6) is 0 Å². The molecule has 2 amide bonds. The van der Waals surface area contributed by atoms with Gasteiger partial charge in [0.25, 0.3) is 0 Å². The second-order valence-corrected chi connectivity index (χ2v) is 6.25. The lowest BCUT2D eigenvalue weighted by Crippen LogP contribution is -2.41. The first-order valence-corrected chi connectivity index (χ1v) is 9.52. The van der Waals surface area contributed by atoms with Gasteiger partial charge in [0.15, 0.2) is 0 Å². The minimum Gasteiger partial charge on any atom is -0.465 e. The summed E-state index contributed by atoms with van der Waals surface area (Å²) in [5, 5.41) is 11.4. The predicted octanol–water partition coefficient (Wildman–Crippen LogP) is 0.376. The molecule has 0 spiro atoms. The third-order valence-corrected chi connectivity index (χ3v) is 3.97. The monoisotopic (exact) mass is 432 g/mol. The Kier molecular flexibility index (Phi) is 9.17. The number of esters is 1. The molecule has 0 fully saturated rings. The number of ether oxygens (including phenoxy) is 2. The zero-order valence-electron chi connectivity index (χ0n) is 17.0. The molecule has 0 radical (unpaired) electrons. The summed E-state index contributed by atoms with van der Waals surface area (Å²) in [4.78, 5) is 52.9. The zero-order chi connectivity index (χ0) is 22.6. The molecule has 0 aliphatic rings.